The molecule has 3 rings (SSSR count). The number of hydrogen-bond donors (Lipinski definition) is 1. The van der Waals surface area contributed by atoms with Crippen molar-refractivity contribution in [3.63, 3.8) is 0 Å². The Kier molecular flexibility index (Phi) is 4.80. The van der Waals surface area contributed by atoms with Crippen LogP contribution in [0.4, 0.5) is 4.39 Å². The Bertz CT molecular complexity index is 877. The number of aromatic amines is 1. The molecule has 7 nitrogen and oxygen atoms in total. The first-order valence-electron chi connectivity index (χ1n) is 7.84. The molecule has 1 fully saturated rings. The zero-order valence-corrected chi connectivity index (χ0v) is 13.5. The molecule has 8 heteroatoms. The third-order valence-electron chi connectivity index (χ3n) is 4.06. The molecular weight excluding hydrogens is 331 g/mol. The van der Waals surface area contributed by atoms with Crippen LogP contribution in [0.2, 0.25) is 0 Å². The molecule has 0 spiro atoms. The SMILES string of the molecule is CC1C[C@H](COC(=O)c2ccccc2)O[C@@H]1n1cc(F)c(=O)[nH]c1=O. The molecule has 1 aromatic heterocycles. The summed E-state index contributed by atoms with van der Waals surface area (Å²) < 4.78 is 25.4. The second-order valence-electron chi connectivity index (χ2n) is 5.97. The summed E-state index contributed by atoms with van der Waals surface area (Å²) in [5.41, 5.74) is -1.38. The van der Waals surface area contributed by atoms with Crippen molar-refractivity contribution in [3.8, 4) is 0 Å². The van der Waals surface area contributed by atoms with Gasteiger partial charge in [0.2, 0.25) is 5.82 Å². The maximum Gasteiger partial charge on any atom is 0.338 e. The minimum atomic E-state index is -1.07. The Hall–Kier alpha value is -2.74. The molecule has 3 atom stereocenters. The van der Waals surface area contributed by atoms with Crippen LogP contribution in [0.3, 0.4) is 0 Å². The van der Waals surface area contributed by atoms with Crippen molar-refractivity contribution in [1.82, 2.24) is 9.55 Å². The smallest absolute Gasteiger partial charge is 0.338 e. The van der Waals surface area contributed by atoms with Gasteiger partial charge >= 0.3 is 11.7 Å². The highest BCUT2D eigenvalue weighted by atomic mass is 19.1. The molecule has 1 aliphatic heterocycles. The van der Waals surface area contributed by atoms with Crippen molar-refractivity contribution in [2.45, 2.75) is 25.7 Å². The number of rotatable bonds is 4. The number of H-pyrrole nitrogens is 1. The largest absolute Gasteiger partial charge is 0.459 e. The number of carbonyl (C=O) groups excluding carboxylic acids is 1. The van der Waals surface area contributed by atoms with E-state index in [1.165, 1.54) is 0 Å². The summed E-state index contributed by atoms with van der Waals surface area (Å²) in [6, 6.07) is 8.55. The van der Waals surface area contributed by atoms with Crippen molar-refractivity contribution in [2.75, 3.05) is 6.61 Å². The molecule has 0 bridgehead atoms. The molecule has 132 valence electrons. The molecule has 0 aliphatic carbocycles. The van der Waals surface area contributed by atoms with Crippen LogP contribution in [0.1, 0.15) is 29.9 Å². The van der Waals surface area contributed by atoms with E-state index < -0.39 is 35.4 Å². The zero-order chi connectivity index (χ0) is 18.0. The molecule has 1 N–H and O–H groups in total. The molecule has 25 heavy (non-hydrogen) atoms. The van der Waals surface area contributed by atoms with Crippen molar-refractivity contribution in [2.24, 2.45) is 5.92 Å². The maximum atomic E-state index is 13.5. The van der Waals surface area contributed by atoms with Crippen molar-refractivity contribution in [3.05, 3.63) is 68.7 Å². The van der Waals surface area contributed by atoms with Gasteiger partial charge in [-0.05, 0) is 18.6 Å². The molecule has 2 aromatic rings. The van der Waals surface area contributed by atoms with E-state index in [0.717, 1.165) is 10.8 Å². The number of nitrogens with zero attached hydrogens (tertiary/aromatic N) is 1. The van der Waals surface area contributed by atoms with Gasteiger partial charge in [0.25, 0.3) is 5.56 Å². The summed E-state index contributed by atoms with van der Waals surface area (Å²) in [4.78, 5) is 36.8. The van der Waals surface area contributed by atoms with E-state index in [2.05, 4.69) is 0 Å². The Labute approximate surface area is 142 Å². The Morgan fingerprint density at radius 1 is 1.36 bits per heavy atom. The lowest BCUT2D eigenvalue weighted by Gasteiger charge is -2.18. The molecule has 0 radical (unpaired) electrons. The fraction of sp³-hybridized carbons (Fsp3) is 0.353. The average molecular weight is 348 g/mol. The van der Waals surface area contributed by atoms with Gasteiger partial charge in [-0.3, -0.25) is 14.3 Å². The first-order chi connectivity index (χ1) is 12.0. The fourth-order valence-electron chi connectivity index (χ4n) is 2.84. The van der Waals surface area contributed by atoms with Crippen LogP contribution >= 0.6 is 0 Å². The van der Waals surface area contributed by atoms with Crippen molar-refractivity contribution >= 4 is 5.97 Å². The summed E-state index contributed by atoms with van der Waals surface area (Å²) in [5, 5.41) is 0. The first kappa shape index (κ1) is 17.1. The predicted octanol–water partition coefficient (Wildman–Crippen LogP) is 1.46. The molecule has 1 saturated heterocycles. The Morgan fingerprint density at radius 2 is 2.08 bits per heavy atom. The van der Waals surface area contributed by atoms with Gasteiger partial charge < -0.3 is 9.47 Å². The molecule has 1 unspecified atom stereocenters. The normalized spacial score (nSPS) is 22.7. The highest BCUT2D eigenvalue weighted by Crippen LogP contribution is 2.33. The number of esters is 1. The average Bonchev–Trinajstić information content (AvgIpc) is 2.97. The number of carbonyl (C=O) groups is 1. The van der Waals surface area contributed by atoms with Gasteiger partial charge in [-0.15, -0.1) is 0 Å². The van der Waals surface area contributed by atoms with Crippen molar-refractivity contribution < 1.29 is 18.7 Å². The first-order valence-corrected chi connectivity index (χ1v) is 7.84. The minimum Gasteiger partial charge on any atom is -0.459 e. The summed E-state index contributed by atoms with van der Waals surface area (Å²) in [6.45, 7) is 1.86. The van der Waals surface area contributed by atoms with Gasteiger partial charge in [-0.25, -0.2) is 9.59 Å². The number of ether oxygens (including phenoxy) is 2. The lowest BCUT2D eigenvalue weighted by Crippen LogP contribution is -2.35. The summed E-state index contributed by atoms with van der Waals surface area (Å²) in [5.74, 6) is -1.65. The van der Waals surface area contributed by atoms with E-state index in [1.807, 2.05) is 11.9 Å². The highest BCUT2D eigenvalue weighted by Gasteiger charge is 2.35. The molecule has 1 aliphatic rings. The molecule has 0 saturated carbocycles. The predicted molar refractivity (Wildman–Crippen MR) is 85.7 cm³/mol. The number of benzene rings is 1. The van der Waals surface area contributed by atoms with E-state index in [1.54, 1.807) is 30.3 Å². The second kappa shape index (κ2) is 7.02. The molecule has 2 heterocycles. The van der Waals surface area contributed by atoms with Crippen LogP contribution in [0.5, 0.6) is 0 Å². The van der Waals surface area contributed by atoms with Crippen LogP contribution in [0, 0.1) is 11.7 Å². The maximum absolute atomic E-state index is 13.5. The number of hydrogen-bond acceptors (Lipinski definition) is 5. The number of halogens is 1. The quantitative estimate of drug-likeness (QED) is 0.845. The van der Waals surface area contributed by atoms with E-state index in [9.17, 15) is 18.8 Å². The molecule has 0 amide bonds. The minimum absolute atomic E-state index is 0.0230. The highest BCUT2D eigenvalue weighted by molar-refractivity contribution is 5.89. The molecule has 1 aromatic carbocycles. The van der Waals surface area contributed by atoms with Gasteiger partial charge in [0.15, 0.2) is 0 Å². The van der Waals surface area contributed by atoms with Crippen LogP contribution in [-0.2, 0) is 9.47 Å². The van der Waals surface area contributed by atoms with E-state index in [-0.39, 0.29) is 12.5 Å². The van der Waals surface area contributed by atoms with Gasteiger partial charge in [0.1, 0.15) is 12.8 Å². The van der Waals surface area contributed by atoms with Gasteiger partial charge in [-0.1, -0.05) is 25.1 Å². The second-order valence-corrected chi connectivity index (χ2v) is 5.97. The van der Waals surface area contributed by atoms with E-state index >= 15 is 0 Å². The topological polar surface area (TPSA) is 90.4 Å². The third kappa shape index (κ3) is 3.69. The zero-order valence-electron chi connectivity index (χ0n) is 13.5. The number of aromatic nitrogens is 2. The lowest BCUT2D eigenvalue weighted by atomic mass is 10.1. The van der Waals surface area contributed by atoms with Crippen LogP contribution in [0.15, 0.2) is 46.1 Å². The van der Waals surface area contributed by atoms with E-state index in [0.29, 0.717) is 12.0 Å². The monoisotopic (exact) mass is 348 g/mol. The van der Waals surface area contributed by atoms with E-state index in [4.69, 9.17) is 9.47 Å². The lowest BCUT2D eigenvalue weighted by molar-refractivity contribution is -0.0414. The van der Waals surface area contributed by atoms with Crippen molar-refractivity contribution in [1.29, 1.82) is 0 Å². The summed E-state index contributed by atoms with van der Waals surface area (Å²) >= 11 is 0. The molecular formula is C17H17FN2O5. The van der Waals surface area contributed by atoms with Gasteiger partial charge in [0, 0.05) is 5.92 Å². The summed E-state index contributed by atoms with van der Waals surface area (Å²) in [6.07, 6.45) is 0.203. The fourth-order valence-corrected chi connectivity index (χ4v) is 2.84. The Balaban J connectivity index is 1.66. The van der Waals surface area contributed by atoms with Gasteiger partial charge in [-0.2, -0.15) is 4.39 Å². The number of nitrogens with one attached hydrogen (secondary N) is 1. The third-order valence-corrected chi connectivity index (χ3v) is 4.06. The standard InChI is InChI=1S/C17H17FN2O5/c1-10-7-12(9-24-16(22)11-5-3-2-4-6-11)25-15(10)20-8-13(18)14(21)19-17(20)23/h2-6,8,10,12,15H,7,9H2,1H3,(H,19,21,23)/t10?,12-,15+/m1/s1. The summed E-state index contributed by atoms with van der Waals surface area (Å²) in [7, 11) is 0. The van der Waals surface area contributed by atoms with Gasteiger partial charge in [0.05, 0.1) is 17.9 Å². The van der Waals surface area contributed by atoms with Crippen LogP contribution < -0.4 is 11.2 Å². The van der Waals surface area contributed by atoms with Crippen LogP contribution in [-0.4, -0.2) is 28.2 Å². The Morgan fingerprint density at radius 3 is 2.80 bits per heavy atom. The van der Waals surface area contributed by atoms with Crippen LogP contribution in [0.25, 0.3) is 0 Å².